The maximum absolute atomic E-state index is 13.0. The number of amides is 1. The predicted octanol–water partition coefficient (Wildman–Crippen LogP) is 2.34. The summed E-state index contributed by atoms with van der Waals surface area (Å²) in [6, 6.07) is 14.9. The second kappa shape index (κ2) is 8.62. The highest BCUT2D eigenvalue weighted by Crippen LogP contribution is 2.17. The van der Waals surface area contributed by atoms with Crippen LogP contribution in [0.1, 0.15) is 12.0 Å². The Hall–Kier alpha value is -2.41. The van der Waals surface area contributed by atoms with E-state index >= 15 is 0 Å². The number of nitrogens with zero attached hydrogens (tertiary/aromatic N) is 1. The number of halogens is 1. The van der Waals surface area contributed by atoms with Crippen LogP contribution in [0, 0.1) is 5.82 Å². The molecule has 0 aliphatic carbocycles. The minimum Gasteiger partial charge on any atom is -0.355 e. The highest BCUT2D eigenvalue weighted by molar-refractivity contribution is 7.92. The lowest BCUT2D eigenvalue weighted by Gasteiger charge is -2.21. The van der Waals surface area contributed by atoms with Gasteiger partial charge in [0, 0.05) is 6.54 Å². The molecule has 0 atom stereocenters. The second-order valence-corrected chi connectivity index (χ2v) is 7.59. The van der Waals surface area contributed by atoms with E-state index in [9.17, 15) is 17.6 Å². The molecular weight excluding hydrogens is 343 g/mol. The molecule has 134 valence electrons. The summed E-state index contributed by atoms with van der Waals surface area (Å²) in [5.74, 6) is -0.870. The molecule has 1 N–H and O–H groups in total. The van der Waals surface area contributed by atoms with Crippen LogP contribution >= 0.6 is 0 Å². The van der Waals surface area contributed by atoms with E-state index in [0.29, 0.717) is 6.54 Å². The third kappa shape index (κ3) is 6.19. The van der Waals surface area contributed by atoms with Gasteiger partial charge in [0.15, 0.2) is 0 Å². The summed E-state index contributed by atoms with van der Waals surface area (Å²) in [6.07, 6.45) is 2.60. The summed E-state index contributed by atoms with van der Waals surface area (Å²) in [4.78, 5) is 12.1. The van der Waals surface area contributed by atoms with Crippen molar-refractivity contribution < 1.29 is 17.6 Å². The minimum atomic E-state index is -3.65. The zero-order valence-corrected chi connectivity index (χ0v) is 14.8. The Balaban J connectivity index is 1.88. The van der Waals surface area contributed by atoms with Crippen LogP contribution in [0.5, 0.6) is 0 Å². The largest absolute Gasteiger partial charge is 0.355 e. The van der Waals surface area contributed by atoms with Crippen LogP contribution in [0.3, 0.4) is 0 Å². The maximum atomic E-state index is 13.0. The number of sulfonamides is 1. The highest BCUT2D eigenvalue weighted by Gasteiger charge is 2.20. The summed E-state index contributed by atoms with van der Waals surface area (Å²) in [7, 11) is -3.65. The molecule has 25 heavy (non-hydrogen) atoms. The third-order valence-corrected chi connectivity index (χ3v) is 4.75. The van der Waals surface area contributed by atoms with Crippen LogP contribution in [0.4, 0.5) is 10.1 Å². The Kier molecular flexibility index (Phi) is 6.52. The molecule has 0 fully saturated rings. The first-order valence-electron chi connectivity index (χ1n) is 7.90. The van der Waals surface area contributed by atoms with Crippen LogP contribution < -0.4 is 9.62 Å². The zero-order valence-electron chi connectivity index (χ0n) is 14.0. The summed E-state index contributed by atoms with van der Waals surface area (Å²) in [6.45, 7) is 0.116. The quantitative estimate of drug-likeness (QED) is 0.731. The van der Waals surface area contributed by atoms with E-state index in [1.165, 1.54) is 17.7 Å². The SMILES string of the molecule is CS(=O)(=O)N(CC(=O)NCCCc1ccccc1)c1ccc(F)cc1. The summed E-state index contributed by atoms with van der Waals surface area (Å²) in [5, 5.41) is 2.72. The van der Waals surface area contributed by atoms with Crippen molar-refractivity contribution in [2.75, 3.05) is 23.7 Å². The van der Waals surface area contributed by atoms with Gasteiger partial charge in [0.1, 0.15) is 12.4 Å². The van der Waals surface area contributed by atoms with E-state index in [2.05, 4.69) is 5.32 Å². The van der Waals surface area contributed by atoms with E-state index in [0.717, 1.165) is 35.5 Å². The number of carbonyl (C=O) groups excluding carboxylic acids is 1. The van der Waals surface area contributed by atoms with Crippen molar-refractivity contribution in [3.05, 3.63) is 66.0 Å². The Bertz CT molecular complexity index is 793. The molecule has 2 rings (SSSR count). The molecule has 0 heterocycles. The van der Waals surface area contributed by atoms with Crippen LogP contribution in [-0.4, -0.2) is 33.7 Å². The lowest BCUT2D eigenvalue weighted by atomic mass is 10.1. The molecule has 0 saturated heterocycles. The van der Waals surface area contributed by atoms with Gasteiger partial charge in [0.05, 0.1) is 11.9 Å². The standard InChI is InChI=1S/C18H21FN2O3S/c1-25(23,24)21(17-11-9-16(19)10-12-17)14-18(22)20-13-5-8-15-6-3-2-4-7-15/h2-4,6-7,9-12H,5,8,13-14H2,1H3,(H,20,22). The normalized spacial score (nSPS) is 11.1. The number of aryl methyl sites for hydroxylation is 1. The smallest absolute Gasteiger partial charge is 0.240 e. The number of rotatable bonds is 8. The van der Waals surface area contributed by atoms with Gasteiger partial charge in [-0.3, -0.25) is 9.10 Å². The Labute approximate surface area is 147 Å². The molecule has 0 aliphatic rings. The highest BCUT2D eigenvalue weighted by atomic mass is 32.2. The van der Waals surface area contributed by atoms with Gasteiger partial charge in [-0.2, -0.15) is 0 Å². The third-order valence-electron chi connectivity index (χ3n) is 3.61. The van der Waals surface area contributed by atoms with Crippen molar-refractivity contribution in [1.82, 2.24) is 5.32 Å². The first kappa shape index (κ1) is 18.9. The van der Waals surface area contributed by atoms with Crippen molar-refractivity contribution in [2.45, 2.75) is 12.8 Å². The Morgan fingerprint density at radius 1 is 1.08 bits per heavy atom. The van der Waals surface area contributed by atoms with E-state index in [1.807, 2.05) is 30.3 Å². The molecule has 0 aliphatic heterocycles. The summed E-state index contributed by atoms with van der Waals surface area (Å²) in [5.41, 5.74) is 1.43. The van der Waals surface area contributed by atoms with Gasteiger partial charge in [-0.05, 0) is 42.7 Å². The van der Waals surface area contributed by atoms with Crippen LogP contribution in [0.15, 0.2) is 54.6 Å². The van der Waals surface area contributed by atoms with Gasteiger partial charge in [0.25, 0.3) is 0 Å². The molecule has 0 aromatic heterocycles. The lowest BCUT2D eigenvalue weighted by molar-refractivity contribution is -0.119. The number of carbonyl (C=O) groups is 1. The van der Waals surface area contributed by atoms with E-state index < -0.39 is 21.7 Å². The number of hydrogen-bond acceptors (Lipinski definition) is 3. The molecule has 5 nitrogen and oxygen atoms in total. The molecule has 2 aromatic rings. The van der Waals surface area contributed by atoms with Gasteiger partial charge in [-0.25, -0.2) is 12.8 Å². The molecule has 1 amide bonds. The first-order valence-corrected chi connectivity index (χ1v) is 9.75. The number of hydrogen-bond donors (Lipinski definition) is 1. The maximum Gasteiger partial charge on any atom is 0.240 e. The molecule has 2 aromatic carbocycles. The van der Waals surface area contributed by atoms with Gasteiger partial charge in [0.2, 0.25) is 15.9 Å². The fourth-order valence-electron chi connectivity index (χ4n) is 2.36. The van der Waals surface area contributed by atoms with Crippen LogP contribution in [0.25, 0.3) is 0 Å². The van der Waals surface area contributed by atoms with Crippen LogP contribution in [0.2, 0.25) is 0 Å². The van der Waals surface area contributed by atoms with Gasteiger partial charge < -0.3 is 5.32 Å². The Morgan fingerprint density at radius 3 is 2.32 bits per heavy atom. The number of benzene rings is 2. The van der Waals surface area contributed by atoms with Crippen molar-refractivity contribution >= 4 is 21.6 Å². The van der Waals surface area contributed by atoms with Crippen molar-refractivity contribution in [1.29, 1.82) is 0 Å². The fraction of sp³-hybridized carbons (Fsp3) is 0.278. The molecule has 0 saturated carbocycles. The average molecular weight is 364 g/mol. The average Bonchev–Trinajstić information content (AvgIpc) is 2.57. The molecular formula is C18H21FN2O3S. The van der Waals surface area contributed by atoms with E-state index in [4.69, 9.17) is 0 Å². The number of anilines is 1. The van der Waals surface area contributed by atoms with E-state index in [-0.39, 0.29) is 12.2 Å². The molecule has 0 radical (unpaired) electrons. The fourth-order valence-corrected chi connectivity index (χ4v) is 3.22. The van der Waals surface area contributed by atoms with Crippen molar-refractivity contribution in [2.24, 2.45) is 0 Å². The molecule has 7 heteroatoms. The topological polar surface area (TPSA) is 66.5 Å². The van der Waals surface area contributed by atoms with Gasteiger partial charge in [-0.15, -0.1) is 0 Å². The van der Waals surface area contributed by atoms with Gasteiger partial charge in [-0.1, -0.05) is 30.3 Å². The lowest BCUT2D eigenvalue weighted by Crippen LogP contribution is -2.40. The van der Waals surface area contributed by atoms with Gasteiger partial charge >= 0.3 is 0 Å². The molecule has 0 spiro atoms. The first-order chi connectivity index (χ1) is 11.9. The van der Waals surface area contributed by atoms with E-state index in [1.54, 1.807) is 0 Å². The zero-order chi connectivity index (χ0) is 18.3. The van der Waals surface area contributed by atoms with Crippen LogP contribution in [-0.2, 0) is 21.2 Å². The molecule has 0 bridgehead atoms. The molecule has 0 unspecified atom stereocenters. The minimum absolute atomic E-state index is 0.253. The van der Waals surface area contributed by atoms with Crippen molar-refractivity contribution in [3.63, 3.8) is 0 Å². The predicted molar refractivity (Wildman–Crippen MR) is 96.4 cm³/mol. The summed E-state index contributed by atoms with van der Waals surface area (Å²) < 4.78 is 37.8. The monoisotopic (exact) mass is 364 g/mol. The Morgan fingerprint density at radius 2 is 1.72 bits per heavy atom. The number of nitrogens with one attached hydrogen (secondary N) is 1. The second-order valence-electron chi connectivity index (χ2n) is 5.69. The van der Waals surface area contributed by atoms with Crippen molar-refractivity contribution in [3.8, 4) is 0 Å². The summed E-state index contributed by atoms with van der Waals surface area (Å²) >= 11 is 0.